The van der Waals surface area contributed by atoms with Crippen molar-refractivity contribution in [1.82, 2.24) is 4.90 Å². The number of methoxy groups -OCH3 is 1. The number of amides is 1. The van der Waals surface area contributed by atoms with E-state index in [2.05, 4.69) is 0 Å². The molecule has 6 nitrogen and oxygen atoms in total. The fraction of sp³-hybridized carbons (Fsp3) is 0.529. The third-order valence-corrected chi connectivity index (χ3v) is 3.41. The maximum Gasteiger partial charge on any atom is 0.323 e. The maximum atomic E-state index is 12.7. The van der Waals surface area contributed by atoms with Crippen LogP contribution in [0.3, 0.4) is 0 Å². The smallest absolute Gasteiger partial charge is 0.323 e. The molecule has 0 fully saturated rings. The summed E-state index contributed by atoms with van der Waals surface area (Å²) in [5, 5.41) is 9.28. The molecule has 0 spiro atoms. The molecule has 0 aromatic heterocycles. The van der Waals surface area contributed by atoms with E-state index in [0.29, 0.717) is 24.7 Å². The van der Waals surface area contributed by atoms with Gasteiger partial charge in [-0.1, -0.05) is 32.4 Å². The number of carbonyl (C=O) groups is 2. The van der Waals surface area contributed by atoms with E-state index in [-0.39, 0.29) is 23.0 Å². The number of rotatable bonds is 9. The van der Waals surface area contributed by atoms with Crippen LogP contribution < -0.4 is 9.47 Å². The van der Waals surface area contributed by atoms with Gasteiger partial charge in [0.05, 0.1) is 18.7 Å². The molecule has 7 heteroatoms. The number of ether oxygens (including phenoxy) is 2. The van der Waals surface area contributed by atoms with Crippen LogP contribution in [0.1, 0.15) is 37.6 Å². The average Bonchev–Trinajstić information content (AvgIpc) is 2.50. The molecule has 0 radical (unpaired) electrons. The summed E-state index contributed by atoms with van der Waals surface area (Å²) in [4.78, 5) is 25.0. The molecule has 0 aliphatic rings. The van der Waals surface area contributed by atoms with Gasteiger partial charge in [0.25, 0.3) is 5.91 Å². The second-order valence-corrected chi connectivity index (χ2v) is 6.22. The largest absolute Gasteiger partial charge is 0.493 e. The van der Waals surface area contributed by atoms with Crippen molar-refractivity contribution in [2.75, 3.05) is 26.8 Å². The molecule has 0 saturated carbocycles. The van der Waals surface area contributed by atoms with Crippen LogP contribution in [0.15, 0.2) is 12.1 Å². The molecule has 0 bridgehead atoms. The number of hydrogen-bond donors (Lipinski definition) is 1. The van der Waals surface area contributed by atoms with Gasteiger partial charge in [0, 0.05) is 12.1 Å². The minimum atomic E-state index is -1.06. The van der Waals surface area contributed by atoms with Crippen LogP contribution in [0.25, 0.3) is 0 Å². The molecule has 1 aromatic carbocycles. The molecule has 1 aromatic rings. The topological polar surface area (TPSA) is 76.1 Å². The van der Waals surface area contributed by atoms with Crippen molar-refractivity contribution in [3.05, 3.63) is 22.7 Å². The Hall–Kier alpha value is -1.95. The Kier molecular flexibility index (Phi) is 7.85. The first kappa shape index (κ1) is 20.1. The van der Waals surface area contributed by atoms with Crippen molar-refractivity contribution < 1.29 is 24.2 Å². The van der Waals surface area contributed by atoms with Gasteiger partial charge in [-0.15, -0.1) is 0 Å². The third-order valence-electron chi connectivity index (χ3n) is 3.13. The molecule has 1 rings (SSSR count). The lowest BCUT2D eigenvalue weighted by molar-refractivity contribution is -0.137. The van der Waals surface area contributed by atoms with Crippen LogP contribution in [0.5, 0.6) is 11.5 Å². The van der Waals surface area contributed by atoms with Gasteiger partial charge in [-0.05, 0) is 24.5 Å². The Labute approximate surface area is 147 Å². The van der Waals surface area contributed by atoms with Crippen LogP contribution in [0.2, 0.25) is 5.02 Å². The Morgan fingerprint density at radius 2 is 2.00 bits per heavy atom. The maximum absolute atomic E-state index is 12.7. The Morgan fingerprint density at radius 1 is 1.33 bits per heavy atom. The van der Waals surface area contributed by atoms with Crippen LogP contribution in [0.4, 0.5) is 0 Å². The van der Waals surface area contributed by atoms with E-state index >= 15 is 0 Å². The van der Waals surface area contributed by atoms with Crippen LogP contribution >= 0.6 is 11.6 Å². The fourth-order valence-electron chi connectivity index (χ4n) is 2.19. The number of hydrogen-bond acceptors (Lipinski definition) is 4. The summed E-state index contributed by atoms with van der Waals surface area (Å²) in [7, 11) is 1.46. The van der Waals surface area contributed by atoms with Crippen LogP contribution in [-0.4, -0.2) is 48.7 Å². The molecule has 0 aliphatic carbocycles. The van der Waals surface area contributed by atoms with Gasteiger partial charge < -0.3 is 19.5 Å². The van der Waals surface area contributed by atoms with Crippen LogP contribution in [0, 0.1) is 5.92 Å². The molecule has 0 saturated heterocycles. The quantitative estimate of drug-likeness (QED) is 0.733. The summed E-state index contributed by atoms with van der Waals surface area (Å²) in [5.74, 6) is -0.610. The monoisotopic (exact) mass is 357 g/mol. The standard InChI is InChI=1S/C17H24ClNO5/c1-5-6-24-16-13(18)7-12(8-14(16)23-4)17(22)19(9-11(2)3)10-15(20)21/h7-8,11H,5-6,9-10H2,1-4H3,(H,20,21). The number of halogens is 1. The molecule has 0 aliphatic heterocycles. The van der Waals surface area contributed by atoms with Crippen molar-refractivity contribution in [3.63, 3.8) is 0 Å². The Balaban J connectivity index is 3.16. The first-order valence-corrected chi connectivity index (χ1v) is 8.19. The van der Waals surface area contributed by atoms with Crippen molar-refractivity contribution in [1.29, 1.82) is 0 Å². The highest BCUT2D eigenvalue weighted by Gasteiger charge is 2.22. The highest BCUT2D eigenvalue weighted by Crippen LogP contribution is 2.36. The Bertz CT molecular complexity index is 589. The average molecular weight is 358 g/mol. The summed E-state index contributed by atoms with van der Waals surface area (Å²) < 4.78 is 10.8. The minimum absolute atomic E-state index is 0.137. The van der Waals surface area contributed by atoms with E-state index in [1.807, 2.05) is 20.8 Å². The molecule has 24 heavy (non-hydrogen) atoms. The number of carbonyl (C=O) groups excluding carboxylic acids is 1. The van der Waals surface area contributed by atoms with Gasteiger partial charge in [0.15, 0.2) is 11.5 Å². The molecule has 0 atom stereocenters. The van der Waals surface area contributed by atoms with E-state index in [1.165, 1.54) is 24.1 Å². The molecule has 0 unspecified atom stereocenters. The van der Waals surface area contributed by atoms with E-state index in [4.69, 9.17) is 26.2 Å². The number of benzene rings is 1. The van der Waals surface area contributed by atoms with Crippen LogP contribution in [-0.2, 0) is 4.79 Å². The highest BCUT2D eigenvalue weighted by atomic mass is 35.5. The van der Waals surface area contributed by atoms with E-state index in [9.17, 15) is 9.59 Å². The first-order valence-electron chi connectivity index (χ1n) is 7.81. The normalized spacial score (nSPS) is 10.6. The van der Waals surface area contributed by atoms with Gasteiger partial charge in [-0.3, -0.25) is 9.59 Å². The lowest BCUT2D eigenvalue weighted by atomic mass is 10.1. The van der Waals surface area contributed by atoms with E-state index in [0.717, 1.165) is 6.42 Å². The predicted molar refractivity (Wildman–Crippen MR) is 92.2 cm³/mol. The van der Waals surface area contributed by atoms with Gasteiger partial charge in [0.1, 0.15) is 6.54 Å². The van der Waals surface area contributed by atoms with Crippen molar-refractivity contribution in [2.24, 2.45) is 5.92 Å². The predicted octanol–water partition coefficient (Wildman–Crippen LogP) is 3.32. The van der Waals surface area contributed by atoms with E-state index < -0.39 is 11.9 Å². The molecule has 0 heterocycles. The summed E-state index contributed by atoms with van der Waals surface area (Å²) in [6.07, 6.45) is 0.806. The molecular weight excluding hydrogens is 334 g/mol. The first-order chi connectivity index (χ1) is 11.3. The van der Waals surface area contributed by atoms with Gasteiger partial charge in [0.2, 0.25) is 0 Å². The van der Waals surface area contributed by atoms with Gasteiger partial charge >= 0.3 is 5.97 Å². The Morgan fingerprint density at radius 3 is 2.50 bits per heavy atom. The summed E-state index contributed by atoms with van der Waals surface area (Å²) in [6, 6.07) is 3.00. The zero-order valence-electron chi connectivity index (χ0n) is 14.5. The lowest BCUT2D eigenvalue weighted by Gasteiger charge is -2.23. The highest BCUT2D eigenvalue weighted by molar-refractivity contribution is 6.32. The lowest BCUT2D eigenvalue weighted by Crippen LogP contribution is -2.38. The zero-order chi connectivity index (χ0) is 18.3. The van der Waals surface area contributed by atoms with Crippen molar-refractivity contribution >= 4 is 23.5 Å². The summed E-state index contributed by atoms with van der Waals surface area (Å²) >= 11 is 6.22. The number of carboxylic acid groups (broad SMARTS) is 1. The summed E-state index contributed by atoms with van der Waals surface area (Å²) in [6.45, 7) is 6.23. The van der Waals surface area contributed by atoms with Gasteiger partial charge in [-0.25, -0.2) is 0 Å². The van der Waals surface area contributed by atoms with Crippen molar-refractivity contribution in [2.45, 2.75) is 27.2 Å². The van der Waals surface area contributed by atoms with Gasteiger partial charge in [-0.2, -0.15) is 0 Å². The molecular formula is C17H24ClNO5. The molecule has 1 N–H and O–H groups in total. The number of nitrogens with zero attached hydrogens (tertiary/aromatic N) is 1. The second-order valence-electron chi connectivity index (χ2n) is 5.81. The second kappa shape index (κ2) is 9.37. The SMILES string of the molecule is CCCOc1c(Cl)cc(C(=O)N(CC(=O)O)CC(C)C)cc1OC. The fourth-order valence-corrected chi connectivity index (χ4v) is 2.46. The third kappa shape index (κ3) is 5.60. The molecule has 134 valence electrons. The zero-order valence-corrected chi connectivity index (χ0v) is 15.2. The minimum Gasteiger partial charge on any atom is -0.493 e. The molecule has 1 amide bonds. The van der Waals surface area contributed by atoms with E-state index in [1.54, 1.807) is 0 Å². The summed E-state index contributed by atoms with van der Waals surface area (Å²) in [5.41, 5.74) is 0.266. The number of aliphatic carboxylic acids is 1. The number of carboxylic acids is 1. The van der Waals surface area contributed by atoms with Crippen molar-refractivity contribution in [3.8, 4) is 11.5 Å².